The van der Waals surface area contributed by atoms with Crippen molar-refractivity contribution in [2.75, 3.05) is 34.3 Å². The summed E-state index contributed by atoms with van der Waals surface area (Å²) >= 11 is 1.50. The van der Waals surface area contributed by atoms with Crippen molar-refractivity contribution in [1.82, 2.24) is 29.2 Å². The van der Waals surface area contributed by atoms with E-state index in [0.29, 0.717) is 29.3 Å². The Kier molecular flexibility index (Phi) is 10.9. The van der Waals surface area contributed by atoms with Crippen LogP contribution >= 0.6 is 11.3 Å². The highest BCUT2D eigenvalue weighted by atomic mass is 32.2. The van der Waals surface area contributed by atoms with Gasteiger partial charge in [0.25, 0.3) is 5.91 Å². The van der Waals surface area contributed by atoms with E-state index >= 15 is 0 Å². The highest BCUT2D eigenvalue weighted by Crippen LogP contribution is 2.47. The molecule has 3 aliphatic rings. The number of hydrogen-bond donors (Lipinski definition) is 2. The van der Waals surface area contributed by atoms with Gasteiger partial charge in [0.1, 0.15) is 33.8 Å². The van der Waals surface area contributed by atoms with Crippen molar-refractivity contribution >= 4 is 50.2 Å². The van der Waals surface area contributed by atoms with E-state index in [-0.39, 0.29) is 43.6 Å². The Bertz CT molecular complexity index is 1980. The molecule has 13 nitrogen and oxygen atoms in total. The maximum absolute atomic E-state index is 14.3. The van der Waals surface area contributed by atoms with Gasteiger partial charge in [-0.3, -0.25) is 14.4 Å². The quantitative estimate of drug-likeness (QED) is 0.297. The number of pyridine rings is 1. The number of amides is 3. The fraction of sp³-hybridized carbons (Fsp3) is 0.541. The van der Waals surface area contributed by atoms with Gasteiger partial charge in [-0.25, -0.2) is 14.7 Å². The third kappa shape index (κ3) is 7.67. The van der Waals surface area contributed by atoms with Crippen LogP contribution in [0.1, 0.15) is 70.9 Å². The molecule has 2 aliphatic carbocycles. The number of allylic oxidation sites excluding steroid dienone is 1. The number of thiazole rings is 1. The van der Waals surface area contributed by atoms with E-state index in [2.05, 4.69) is 23.9 Å². The fourth-order valence-electron chi connectivity index (χ4n) is 7.02. The Balaban J connectivity index is 1.32. The zero-order valence-electron chi connectivity index (χ0n) is 30.5. The fourth-order valence-corrected chi connectivity index (χ4v) is 8.88. The summed E-state index contributed by atoms with van der Waals surface area (Å²) < 4.78 is 41.1. The Labute approximate surface area is 309 Å². The number of benzene rings is 1. The Hall–Kier alpha value is -4.08. The van der Waals surface area contributed by atoms with Crippen molar-refractivity contribution in [2.45, 2.75) is 76.9 Å². The summed E-state index contributed by atoms with van der Waals surface area (Å²) in [5, 5.41) is 6.45. The van der Waals surface area contributed by atoms with Gasteiger partial charge in [-0.15, -0.1) is 11.3 Å². The zero-order valence-corrected chi connectivity index (χ0v) is 32.2. The van der Waals surface area contributed by atoms with E-state index in [4.69, 9.17) is 19.4 Å². The van der Waals surface area contributed by atoms with Crippen LogP contribution in [0, 0.1) is 17.8 Å². The van der Waals surface area contributed by atoms with Crippen molar-refractivity contribution < 1.29 is 32.3 Å². The number of methoxy groups -OCH3 is 1. The van der Waals surface area contributed by atoms with Crippen LogP contribution in [0.4, 0.5) is 0 Å². The van der Waals surface area contributed by atoms with Crippen molar-refractivity contribution in [3.8, 4) is 22.2 Å². The molecular formula is C37H48N6O7S2. The SMILES string of the molecule is CCN(C)S(=O)(=O)NC(=O)[C@@]12C[C@H]1/C=C\CCCCN(C)C(=O)[C@@H]1C[C@H](Oc3cc(-c4nc(C(C)C)cs4)nc4cc(OC)ccc34)C[C@H]1C(=O)N2. The molecule has 1 aliphatic heterocycles. The van der Waals surface area contributed by atoms with E-state index in [9.17, 15) is 22.8 Å². The second-order valence-corrected chi connectivity index (χ2v) is 17.0. The Morgan fingerprint density at radius 3 is 2.65 bits per heavy atom. The number of ether oxygens (including phenoxy) is 2. The lowest BCUT2D eigenvalue weighted by Crippen LogP contribution is -2.55. The molecule has 2 N–H and O–H groups in total. The van der Waals surface area contributed by atoms with Crippen LogP contribution in [-0.2, 0) is 24.6 Å². The summed E-state index contributed by atoms with van der Waals surface area (Å²) in [5.41, 5.74) is 0.815. The first-order valence-corrected chi connectivity index (χ1v) is 20.2. The number of carbonyl (C=O) groups is 3. The monoisotopic (exact) mass is 752 g/mol. The number of carbonyl (C=O) groups excluding carboxylic acids is 3. The molecule has 2 saturated carbocycles. The summed E-state index contributed by atoms with van der Waals surface area (Å²) in [7, 11) is 0.609. The van der Waals surface area contributed by atoms with E-state index < -0.39 is 45.5 Å². The van der Waals surface area contributed by atoms with Crippen molar-refractivity contribution in [3.63, 3.8) is 0 Å². The van der Waals surface area contributed by atoms with Crippen LogP contribution in [-0.4, -0.2) is 91.2 Å². The largest absolute Gasteiger partial charge is 0.497 e. The first-order chi connectivity index (χ1) is 24.8. The lowest BCUT2D eigenvalue weighted by atomic mass is 9.93. The van der Waals surface area contributed by atoms with Gasteiger partial charge in [0.05, 0.1) is 30.2 Å². The third-order valence-corrected chi connectivity index (χ3v) is 12.9. The molecule has 15 heteroatoms. The second kappa shape index (κ2) is 15.1. The molecule has 5 atom stereocenters. The van der Waals surface area contributed by atoms with Crippen LogP contribution in [0.5, 0.6) is 11.5 Å². The molecule has 3 heterocycles. The number of fused-ring (bicyclic) bond motifs is 3. The van der Waals surface area contributed by atoms with Gasteiger partial charge in [0.15, 0.2) is 0 Å². The highest BCUT2D eigenvalue weighted by Gasteiger charge is 2.62. The molecule has 1 aromatic carbocycles. The van der Waals surface area contributed by atoms with E-state index in [1.165, 1.54) is 18.4 Å². The average molecular weight is 753 g/mol. The van der Waals surface area contributed by atoms with Gasteiger partial charge in [-0.1, -0.05) is 32.9 Å². The van der Waals surface area contributed by atoms with Crippen LogP contribution in [0.3, 0.4) is 0 Å². The molecule has 52 heavy (non-hydrogen) atoms. The van der Waals surface area contributed by atoms with Gasteiger partial charge in [0, 0.05) is 56.0 Å². The standard InChI is InChI=1S/C37H48N6O7S2/c1-7-43(5)52(47,48)41-36(46)37-20-23(37)12-10-8-9-11-15-42(4)35(45)28-17-25(16-27(28)33(44)40-37)50-32-19-30(34-39-31(21-51-34)22(2)3)38-29-18-24(49-6)13-14-26(29)32/h10,12-14,18-19,21-23,25,27-28H,7-9,11,15-17,20H2,1-6H3,(H,40,44)(H,41,46)/b12-10-/t23-,25-,27-,28-,37-/m1/s1. The van der Waals surface area contributed by atoms with E-state index in [1.54, 1.807) is 26.0 Å². The van der Waals surface area contributed by atoms with Gasteiger partial charge in [-0.05, 0) is 56.6 Å². The van der Waals surface area contributed by atoms with Gasteiger partial charge < -0.3 is 19.7 Å². The maximum atomic E-state index is 14.3. The summed E-state index contributed by atoms with van der Waals surface area (Å²) in [6, 6.07) is 7.41. The predicted molar refractivity (Wildman–Crippen MR) is 199 cm³/mol. The normalized spacial score (nSPS) is 26.0. The topological polar surface area (TPSA) is 160 Å². The summed E-state index contributed by atoms with van der Waals surface area (Å²) in [6.07, 6.45) is 6.43. The number of nitrogens with one attached hydrogen (secondary N) is 2. The van der Waals surface area contributed by atoms with E-state index in [1.807, 2.05) is 41.8 Å². The highest BCUT2D eigenvalue weighted by molar-refractivity contribution is 7.87. The van der Waals surface area contributed by atoms with Crippen molar-refractivity contribution in [2.24, 2.45) is 17.8 Å². The second-order valence-electron chi connectivity index (χ2n) is 14.4. The van der Waals surface area contributed by atoms with Gasteiger partial charge in [-0.2, -0.15) is 12.7 Å². The molecule has 6 rings (SSSR count). The van der Waals surface area contributed by atoms with Crippen molar-refractivity contribution in [1.29, 1.82) is 0 Å². The summed E-state index contributed by atoms with van der Waals surface area (Å²) in [5.74, 6) is -1.89. The summed E-state index contributed by atoms with van der Waals surface area (Å²) in [6.45, 7) is 6.55. The minimum Gasteiger partial charge on any atom is -0.497 e. The maximum Gasteiger partial charge on any atom is 0.303 e. The predicted octanol–water partition coefficient (Wildman–Crippen LogP) is 4.65. The molecule has 0 unspecified atom stereocenters. The lowest BCUT2D eigenvalue weighted by Gasteiger charge is -2.27. The van der Waals surface area contributed by atoms with Gasteiger partial charge >= 0.3 is 10.2 Å². The molecule has 280 valence electrons. The minimum atomic E-state index is -4.11. The molecule has 0 bridgehead atoms. The molecular weight excluding hydrogens is 705 g/mol. The molecule has 0 saturated heterocycles. The average Bonchev–Trinajstić information content (AvgIpc) is 3.42. The number of aromatic nitrogens is 2. The summed E-state index contributed by atoms with van der Waals surface area (Å²) in [4.78, 5) is 53.3. The molecule has 2 aromatic heterocycles. The number of hydrogen-bond acceptors (Lipinski definition) is 10. The molecule has 3 amide bonds. The first-order valence-electron chi connectivity index (χ1n) is 17.9. The van der Waals surface area contributed by atoms with Crippen LogP contribution < -0.4 is 19.5 Å². The third-order valence-electron chi connectivity index (χ3n) is 10.5. The molecule has 2 fully saturated rings. The zero-order chi connectivity index (χ0) is 37.4. The van der Waals surface area contributed by atoms with Crippen LogP contribution in [0.25, 0.3) is 21.6 Å². The van der Waals surface area contributed by atoms with E-state index in [0.717, 1.165) is 39.7 Å². The number of rotatable bonds is 9. The Morgan fingerprint density at radius 1 is 1.17 bits per heavy atom. The van der Waals surface area contributed by atoms with Crippen LogP contribution in [0.2, 0.25) is 0 Å². The number of nitrogens with zero attached hydrogens (tertiary/aromatic N) is 4. The van der Waals surface area contributed by atoms with Crippen molar-refractivity contribution in [3.05, 3.63) is 47.5 Å². The first kappa shape index (κ1) is 37.7. The molecule has 0 spiro atoms. The molecule has 3 aromatic rings. The lowest BCUT2D eigenvalue weighted by molar-refractivity contribution is -0.140. The molecule has 0 radical (unpaired) electrons. The van der Waals surface area contributed by atoms with Gasteiger partial charge in [0.2, 0.25) is 11.8 Å². The smallest absolute Gasteiger partial charge is 0.303 e. The van der Waals surface area contributed by atoms with Crippen LogP contribution in [0.15, 0.2) is 41.8 Å². The minimum absolute atomic E-state index is 0.161. The Morgan fingerprint density at radius 2 is 1.94 bits per heavy atom.